The molecule has 0 saturated heterocycles. The van der Waals surface area contributed by atoms with Crippen LogP contribution in [0.2, 0.25) is 0 Å². The van der Waals surface area contributed by atoms with Crippen LogP contribution in [0.4, 0.5) is 0 Å². The van der Waals surface area contributed by atoms with Gasteiger partial charge in [-0.1, -0.05) is 216 Å². The van der Waals surface area contributed by atoms with Crippen LogP contribution in [-0.4, -0.2) is 73.4 Å². The van der Waals surface area contributed by atoms with Crippen molar-refractivity contribution in [2.24, 2.45) is 0 Å². The third-order valence-electron chi connectivity index (χ3n) is 11.2. The lowest BCUT2D eigenvalue weighted by Gasteiger charge is -2.25. The molecule has 8 nitrogen and oxygen atoms in total. The van der Waals surface area contributed by atoms with Crippen LogP contribution in [0.25, 0.3) is 0 Å². The number of nitrogens with one attached hydrogen (secondary N) is 1. The lowest BCUT2D eigenvalue weighted by Crippen LogP contribution is -2.45. The predicted octanol–water partition coefficient (Wildman–Crippen LogP) is 17.3. The Morgan fingerprint density at radius 2 is 0.795 bits per heavy atom. The van der Waals surface area contributed by atoms with Crippen molar-refractivity contribution in [2.45, 2.75) is 187 Å². The summed E-state index contributed by atoms with van der Waals surface area (Å²) in [5.74, 6) is -0.214. The van der Waals surface area contributed by atoms with Crippen LogP contribution < -0.4 is 5.32 Å². The average Bonchev–Trinajstić information content (AvgIpc) is 3.35. The number of likely N-dealkylation sites (N-methyl/N-ethyl adjacent to an activating group) is 1. The number of carbonyl (C=O) groups excluding carboxylic acids is 1. The summed E-state index contributed by atoms with van der Waals surface area (Å²) in [6.45, 7) is 4.50. The van der Waals surface area contributed by atoms with E-state index in [9.17, 15) is 19.4 Å². The van der Waals surface area contributed by atoms with Crippen molar-refractivity contribution in [3.63, 3.8) is 0 Å². The van der Waals surface area contributed by atoms with Gasteiger partial charge in [-0.3, -0.25) is 13.8 Å². The van der Waals surface area contributed by atoms with E-state index in [1.807, 2.05) is 27.2 Å². The molecule has 3 atom stereocenters. The molecular weight excluding hydrogens is 924 g/mol. The van der Waals surface area contributed by atoms with E-state index in [1.54, 1.807) is 6.08 Å². The number of aliphatic hydroxyl groups is 1. The third kappa shape index (κ3) is 55.4. The van der Waals surface area contributed by atoms with Gasteiger partial charge < -0.3 is 19.8 Å². The summed E-state index contributed by atoms with van der Waals surface area (Å²) in [6.07, 6.45) is 84.8. The first-order chi connectivity index (χ1) is 35.5. The van der Waals surface area contributed by atoms with Gasteiger partial charge in [0.1, 0.15) is 13.2 Å². The predicted molar refractivity (Wildman–Crippen MR) is 317 cm³/mol. The van der Waals surface area contributed by atoms with Gasteiger partial charge in [0.05, 0.1) is 39.9 Å². The first-order valence-corrected chi connectivity index (χ1v) is 29.5. The smallest absolute Gasteiger partial charge is 0.387 e. The molecule has 0 rings (SSSR count). The van der Waals surface area contributed by atoms with Gasteiger partial charge in [-0.05, 0) is 122 Å². The number of quaternary nitrogens is 1. The summed E-state index contributed by atoms with van der Waals surface area (Å²) in [5.41, 5.74) is 0. The van der Waals surface area contributed by atoms with Gasteiger partial charge in [0, 0.05) is 6.42 Å². The molecule has 0 fully saturated rings. The van der Waals surface area contributed by atoms with Gasteiger partial charge in [-0.15, -0.1) is 0 Å². The lowest BCUT2D eigenvalue weighted by molar-refractivity contribution is -0.870. The molecule has 0 heterocycles. The first kappa shape index (κ1) is 68.9. The lowest BCUT2D eigenvalue weighted by atomic mass is 10.1. The Hall–Kier alpha value is -4.14. The van der Waals surface area contributed by atoms with Gasteiger partial charge in [0.2, 0.25) is 5.91 Å². The second kappa shape index (κ2) is 52.7. The van der Waals surface area contributed by atoms with Crippen molar-refractivity contribution >= 4 is 13.7 Å². The molecule has 9 heteroatoms. The summed E-state index contributed by atoms with van der Waals surface area (Å²) in [7, 11) is 1.51. The molecule has 0 aromatic heterocycles. The maximum Gasteiger partial charge on any atom is 0.472 e. The number of amides is 1. The summed E-state index contributed by atoms with van der Waals surface area (Å²) in [6, 6.07) is -0.886. The first-order valence-electron chi connectivity index (χ1n) is 28.0. The standard InChI is InChI=1S/C64H103N2O6P/c1-6-8-10-12-14-16-18-19-20-21-22-23-24-25-26-27-28-29-30-31-32-33-34-35-36-37-38-39-40-41-42-43-44-45-46-47-48-50-52-54-56-58-64(68)65-62(61-72-73(69,70)71-60-59-66(3,4)5)63(67)57-55-53-51-49-17-15-13-11-9-7-2/h8-11,14,16-17,19-20,22-23,25-26,28-29,31-32,34-35,37-38,40-41,43-44,49,55,57,62-63,67H,6-7,12-13,15,18,21,24,27,30,33,36,39,42,45-48,50-54,56,58-61H2,1-5H3,(H-,65,68,69,70)/p+1/b10-8-,11-9+,16-14-,20-19-,23-22-,26-25-,29-28-,32-31-,35-34-,38-37-,41-40-,44-43-,49-17+,57-55+. The summed E-state index contributed by atoms with van der Waals surface area (Å²) < 4.78 is 23.5. The summed E-state index contributed by atoms with van der Waals surface area (Å²) in [4.78, 5) is 23.2. The van der Waals surface area contributed by atoms with E-state index >= 15 is 0 Å². The molecule has 0 aliphatic rings. The molecule has 73 heavy (non-hydrogen) atoms. The molecule has 410 valence electrons. The summed E-state index contributed by atoms with van der Waals surface area (Å²) >= 11 is 0. The molecule has 0 aromatic rings. The Bertz CT molecular complexity index is 1780. The Morgan fingerprint density at radius 3 is 1.21 bits per heavy atom. The van der Waals surface area contributed by atoms with E-state index in [0.717, 1.165) is 135 Å². The largest absolute Gasteiger partial charge is 0.472 e. The average molecular weight is 1030 g/mol. The van der Waals surface area contributed by atoms with Crippen LogP contribution in [-0.2, 0) is 18.4 Å². The fourth-order valence-corrected chi connectivity index (χ4v) is 7.58. The molecule has 0 aliphatic carbocycles. The van der Waals surface area contributed by atoms with E-state index in [4.69, 9.17) is 9.05 Å². The van der Waals surface area contributed by atoms with Crippen molar-refractivity contribution in [3.8, 4) is 0 Å². The molecule has 0 radical (unpaired) electrons. The van der Waals surface area contributed by atoms with Crippen molar-refractivity contribution < 1.29 is 32.9 Å². The minimum Gasteiger partial charge on any atom is -0.387 e. The van der Waals surface area contributed by atoms with E-state index in [2.05, 4.69) is 177 Å². The molecule has 0 aliphatic heterocycles. The highest BCUT2D eigenvalue weighted by molar-refractivity contribution is 7.47. The normalized spacial score (nSPS) is 15.2. The zero-order chi connectivity index (χ0) is 53.5. The Labute approximate surface area is 447 Å². The topological polar surface area (TPSA) is 105 Å². The van der Waals surface area contributed by atoms with Gasteiger partial charge >= 0.3 is 7.82 Å². The van der Waals surface area contributed by atoms with Crippen LogP contribution in [0.15, 0.2) is 170 Å². The number of hydrogen-bond donors (Lipinski definition) is 3. The Morgan fingerprint density at radius 1 is 0.466 bits per heavy atom. The monoisotopic (exact) mass is 1030 g/mol. The quantitative estimate of drug-likeness (QED) is 0.0243. The maximum absolute atomic E-state index is 12.9. The number of phosphoric acid groups is 1. The van der Waals surface area contributed by atoms with Gasteiger partial charge in [-0.2, -0.15) is 0 Å². The van der Waals surface area contributed by atoms with E-state index < -0.39 is 20.0 Å². The van der Waals surface area contributed by atoms with E-state index in [1.165, 1.54) is 19.3 Å². The third-order valence-corrected chi connectivity index (χ3v) is 12.1. The minimum atomic E-state index is -4.36. The highest BCUT2D eigenvalue weighted by Gasteiger charge is 2.27. The van der Waals surface area contributed by atoms with E-state index in [-0.39, 0.29) is 19.1 Å². The van der Waals surface area contributed by atoms with Crippen molar-refractivity contribution in [1.29, 1.82) is 0 Å². The molecule has 0 aromatic carbocycles. The highest BCUT2D eigenvalue weighted by atomic mass is 31.2. The number of nitrogens with zero attached hydrogens (tertiary/aromatic N) is 1. The fourth-order valence-electron chi connectivity index (χ4n) is 6.85. The van der Waals surface area contributed by atoms with Crippen LogP contribution in [0.3, 0.4) is 0 Å². The Balaban J connectivity index is 4.12. The second-order valence-electron chi connectivity index (χ2n) is 19.2. The zero-order valence-corrected chi connectivity index (χ0v) is 47.4. The number of unbranched alkanes of at least 4 members (excludes halogenated alkanes) is 9. The van der Waals surface area contributed by atoms with Crippen LogP contribution in [0, 0.1) is 0 Å². The van der Waals surface area contributed by atoms with Gasteiger partial charge in [0.25, 0.3) is 0 Å². The molecule has 0 bridgehead atoms. The molecule has 3 N–H and O–H groups in total. The zero-order valence-electron chi connectivity index (χ0n) is 46.5. The number of allylic oxidation sites excluding steroid dienone is 27. The summed E-state index contributed by atoms with van der Waals surface area (Å²) in [5, 5.41) is 13.8. The molecule has 3 unspecified atom stereocenters. The van der Waals surface area contributed by atoms with Crippen LogP contribution in [0.5, 0.6) is 0 Å². The molecule has 0 saturated carbocycles. The number of hydrogen-bond acceptors (Lipinski definition) is 5. The molecule has 0 spiro atoms. The fraction of sp³-hybridized carbons (Fsp3) is 0.547. The van der Waals surface area contributed by atoms with Gasteiger partial charge in [0.15, 0.2) is 0 Å². The molecular formula is C64H104N2O6P+. The van der Waals surface area contributed by atoms with Gasteiger partial charge in [-0.25, -0.2) is 4.57 Å². The second-order valence-corrected chi connectivity index (χ2v) is 20.6. The van der Waals surface area contributed by atoms with Crippen molar-refractivity contribution in [3.05, 3.63) is 170 Å². The molecule has 1 amide bonds. The maximum atomic E-state index is 12.9. The highest BCUT2D eigenvalue weighted by Crippen LogP contribution is 2.43. The van der Waals surface area contributed by atoms with Crippen LogP contribution in [0.1, 0.15) is 174 Å². The number of aliphatic hydroxyl groups excluding tert-OH is 1. The number of phosphoric ester groups is 1. The van der Waals surface area contributed by atoms with E-state index in [0.29, 0.717) is 17.4 Å². The Kier molecular flexibility index (Phi) is 49.7. The van der Waals surface area contributed by atoms with Crippen LogP contribution >= 0.6 is 7.82 Å². The number of rotatable bonds is 48. The number of carbonyl (C=O) groups is 1. The van der Waals surface area contributed by atoms with Crippen molar-refractivity contribution in [2.75, 3.05) is 40.9 Å². The SMILES string of the molecule is CC/C=C\C/C=C\C/C=C\C/C=C\C/C=C\C/C=C\C/C=C\C/C=C\C/C=C\C/C=C\C/C=C\CCCCCCCCCC(=O)NC(COP(=O)(O)OCC[N+](C)(C)C)C(O)/C=C/CC/C=C/CC/C=C/CC. The van der Waals surface area contributed by atoms with Crippen molar-refractivity contribution in [1.82, 2.24) is 5.32 Å². The minimum absolute atomic E-state index is 0.0416.